The number of aromatic nitrogens is 2. The molecule has 0 saturated carbocycles. The van der Waals surface area contributed by atoms with Crippen molar-refractivity contribution in [1.29, 1.82) is 0 Å². The highest BCUT2D eigenvalue weighted by atomic mass is 35.5. The summed E-state index contributed by atoms with van der Waals surface area (Å²) in [4.78, 5) is 65.8. The summed E-state index contributed by atoms with van der Waals surface area (Å²) >= 11 is 6.07. The monoisotopic (exact) mass is 929 g/mol. The third-order valence-corrected chi connectivity index (χ3v) is 12.2. The number of nitrogens with two attached hydrogens (primary N) is 2. The Hall–Kier alpha value is -6.47. The number of aryl methyl sites for hydroxylation is 1. The molecule has 0 radical (unpaired) electrons. The summed E-state index contributed by atoms with van der Waals surface area (Å²) in [6, 6.07) is 31.7. The lowest BCUT2D eigenvalue weighted by Gasteiger charge is -2.31. The van der Waals surface area contributed by atoms with E-state index in [1.165, 1.54) is 11.1 Å². The molecule has 14 heteroatoms. The van der Waals surface area contributed by atoms with Crippen molar-refractivity contribution in [2.24, 2.45) is 5.92 Å². The van der Waals surface area contributed by atoms with Crippen LogP contribution in [-0.4, -0.2) is 82.0 Å². The summed E-state index contributed by atoms with van der Waals surface area (Å²) in [6.45, 7) is 11.3. The largest absolute Gasteiger partial charge is 0.448 e. The second kappa shape index (κ2) is 23.3. The molecule has 6 rings (SSSR count). The van der Waals surface area contributed by atoms with Crippen LogP contribution in [0.25, 0.3) is 11.1 Å². The molecule has 0 bridgehead atoms. The number of ether oxygens (including phenoxy) is 2. The molecule has 67 heavy (non-hydrogen) atoms. The number of carbonyl (C=O) groups is 4. The molecule has 0 saturated heterocycles. The van der Waals surface area contributed by atoms with E-state index in [1.54, 1.807) is 42.7 Å². The maximum atomic E-state index is 13.9. The molecule has 1 aliphatic carbocycles. The van der Waals surface area contributed by atoms with Gasteiger partial charge < -0.3 is 36.1 Å². The number of amides is 3. The van der Waals surface area contributed by atoms with Gasteiger partial charge in [-0.05, 0) is 91.8 Å². The number of nitrogens with one attached hydrogen (secondary N) is 1. The highest BCUT2D eigenvalue weighted by molar-refractivity contribution is 6.31. The Bertz CT molecular complexity index is 2460. The predicted octanol–water partition coefficient (Wildman–Crippen LogP) is 10.4. The van der Waals surface area contributed by atoms with E-state index in [9.17, 15) is 19.2 Å². The van der Waals surface area contributed by atoms with E-state index in [0.717, 1.165) is 53.5 Å². The van der Waals surface area contributed by atoms with E-state index in [2.05, 4.69) is 46.5 Å². The number of carbonyl (C=O) groups excluding carboxylic acids is 4. The highest BCUT2D eigenvalue weighted by Crippen LogP contribution is 2.44. The van der Waals surface area contributed by atoms with Crippen LogP contribution < -0.4 is 16.8 Å². The first kappa shape index (κ1) is 50.0. The normalized spacial score (nSPS) is 12.4. The molecular formula is C53H64ClN7O6. The number of hydrogen-bond acceptors (Lipinski definition) is 10. The van der Waals surface area contributed by atoms with Gasteiger partial charge in [-0.1, -0.05) is 135 Å². The van der Waals surface area contributed by atoms with Gasteiger partial charge in [-0.3, -0.25) is 9.59 Å². The summed E-state index contributed by atoms with van der Waals surface area (Å²) in [7, 11) is 0. The lowest BCUT2D eigenvalue weighted by atomic mass is 9.95. The van der Waals surface area contributed by atoms with Gasteiger partial charge in [-0.15, -0.1) is 0 Å². The van der Waals surface area contributed by atoms with Crippen LogP contribution in [0.4, 0.5) is 21.2 Å². The zero-order valence-corrected chi connectivity index (χ0v) is 40.1. The van der Waals surface area contributed by atoms with E-state index in [4.69, 9.17) is 32.5 Å². The van der Waals surface area contributed by atoms with Crippen LogP contribution in [0.2, 0.25) is 5.15 Å². The molecule has 5 N–H and O–H groups in total. The third kappa shape index (κ3) is 13.8. The Morgan fingerprint density at radius 2 is 1.42 bits per heavy atom. The first-order valence-corrected chi connectivity index (χ1v) is 23.6. The fraction of sp³-hybridized carbons (Fsp3) is 0.396. The van der Waals surface area contributed by atoms with Crippen molar-refractivity contribution >= 4 is 47.1 Å². The molecule has 1 heterocycles. The predicted molar refractivity (Wildman–Crippen MR) is 264 cm³/mol. The molecule has 1 atom stereocenters. The standard InChI is InChI=1S/C53H64ClN7O6/c1-6-7-8-15-28-60(51(64)66-34-44-42-21-13-11-19-40(42)41-20-12-14-22-43(41)44)29-16-23-45(62)38-26-24-36(25-27-38)32-61(52(65)67-53(3,4)5)33-37(30-39-18-10-9-17-35(39)2)31-57-50(63)46-48(55)59-49(56)47(54)58-46/h9-14,17-22,24-27,37,44H,6-8,15-16,23,28-34H2,1-5H3,(H,57,63)(H4,55,56,59)/t37-/m1/s1. The average Bonchev–Trinajstić information content (AvgIpc) is 3.62. The minimum atomic E-state index is -0.772. The van der Waals surface area contributed by atoms with E-state index in [1.807, 2.05) is 67.6 Å². The van der Waals surface area contributed by atoms with Crippen molar-refractivity contribution in [3.63, 3.8) is 0 Å². The summed E-state index contributed by atoms with van der Waals surface area (Å²) in [5.41, 5.74) is 18.9. The molecule has 0 fully saturated rings. The van der Waals surface area contributed by atoms with Crippen LogP contribution in [0.1, 0.15) is 121 Å². The minimum Gasteiger partial charge on any atom is -0.448 e. The number of fused-ring (bicyclic) bond motifs is 3. The van der Waals surface area contributed by atoms with Crippen LogP contribution in [-0.2, 0) is 22.4 Å². The van der Waals surface area contributed by atoms with Gasteiger partial charge in [0, 0.05) is 50.6 Å². The van der Waals surface area contributed by atoms with Crippen molar-refractivity contribution < 1.29 is 28.7 Å². The summed E-state index contributed by atoms with van der Waals surface area (Å²) in [6.07, 6.45) is 4.41. The van der Waals surface area contributed by atoms with E-state index >= 15 is 0 Å². The molecule has 13 nitrogen and oxygen atoms in total. The Balaban J connectivity index is 1.10. The van der Waals surface area contributed by atoms with Crippen molar-refractivity contribution in [2.75, 3.05) is 44.3 Å². The highest BCUT2D eigenvalue weighted by Gasteiger charge is 2.30. The number of anilines is 2. The zero-order chi connectivity index (χ0) is 48.1. The van der Waals surface area contributed by atoms with E-state index < -0.39 is 17.6 Å². The summed E-state index contributed by atoms with van der Waals surface area (Å²) in [5.74, 6) is -1.18. The second-order valence-electron chi connectivity index (χ2n) is 18.3. The molecule has 0 aliphatic heterocycles. The van der Waals surface area contributed by atoms with Crippen molar-refractivity contribution in [3.8, 4) is 11.1 Å². The van der Waals surface area contributed by atoms with Gasteiger partial charge in [0.05, 0.1) is 0 Å². The number of ketones is 1. The minimum absolute atomic E-state index is 0.0378. The van der Waals surface area contributed by atoms with Crippen LogP contribution in [0.5, 0.6) is 0 Å². The Labute approximate surface area is 399 Å². The van der Waals surface area contributed by atoms with Gasteiger partial charge in [0.2, 0.25) is 0 Å². The third-order valence-electron chi connectivity index (χ3n) is 11.9. The number of nitrogen functional groups attached to an aromatic ring is 2. The zero-order valence-electron chi connectivity index (χ0n) is 39.4. The number of nitrogens with zero attached hydrogens (tertiary/aromatic N) is 4. The molecule has 0 unspecified atom stereocenters. The number of Topliss-reactive ketones (excluding diaryl/α,β-unsaturated/α-hetero) is 1. The molecule has 3 amide bonds. The lowest BCUT2D eigenvalue weighted by molar-refractivity contribution is 0.0202. The Morgan fingerprint density at radius 1 is 0.776 bits per heavy atom. The fourth-order valence-electron chi connectivity index (χ4n) is 8.42. The molecule has 5 aromatic rings. The van der Waals surface area contributed by atoms with Gasteiger partial charge in [0.15, 0.2) is 28.3 Å². The quantitative estimate of drug-likeness (QED) is 0.0473. The number of unbranched alkanes of at least 4 members (excludes halogenated alkanes) is 3. The molecule has 4 aromatic carbocycles. The number of hydrogen-bond donors (Lipinski definition) is 3. The lowest BCUT2D eigenvalue weighted by Crippen LogP contribution is -2.42. The van der Waals surface area contributed by atoms with E-state index in [-0.39, 0.29) is 78.9 Å². The van der Waals surface area contributed by atoms with Gasteiger partial charge in [-0.2, -0.15) is 0 Å². The molecule has 354 valence electrons. The van der Waals surface area contributed by atoms with Gasteiger partial charge in [-0.25, -0.2) is 19.6 Å². The van der Waals surface area contributed by atoms with Gasteiger partial charge >= 0.3 is 12.2 Å². The number of benzene rings is 4. The topological polar surface area (TPSA) is 183 Å². The van der Waals surface area contributed by atoms with E-state index in [0.29, 0.717) is 31.5 Å². The summed E-state index contributed by atoms with van der Waals surface area (Å²) < 4.78 is 11.9. The number of rotatable bonds is 21. The van der Waals surface area contributed by atoms with Gasteiger partial charge in [0.25, 0.3) is 5.91 Å². The SMILES string of the molecule is CCCCCCN(CCCC(=O)c1ccc(CN(C[C@@H](CNC(=O)c2nc(Cl)c(N)nc2N)Cc2ccccc2C)C(=O)OC(C)(C)C)cc1)C(=O)OCC1c2ccccc2-c2ccccc21. The number of halogens is 1. The van der Waals surface area contributed by atoms with Crippen LogP contribution in [0.15, 0.2) is 97.1 Å². The molecule has 0 spiro atoms. The maximum Gasteiger partial charge on any atom is 0.410 e. The Kier molecular flexibility index (Phi) is 17.4. The average molecular weight is 931 g/mol. The first-order chi connectivity index (χ1) is 32.1. The van der Waals surface area contributed by atoms with Crippen molar-refractivity contribution in [2.45, 2.75) is 97.6 Å². The maximum absolute atomic E-state index is 13.9. The molecule has 1 aromatic heterocycles. The molecule has 1 aliphatic rings. The van der Waals surface area contributed by atoms with Gasteiger partial charge in [0.1, 0.15) is 12.2 Å². The van der Waals surface area contributed by atoms with Crippen LogP contribution in [0.3, 0.4) is 0 Å². The van der Waals surface area contributed by atoms with Crippen LogP contribution in [0, 0.1) is 12.8 Å². The smallest absolute Gasteiger partial charge is 0.410 e. The Morgan fingerprint density at radius 3 is 2.07 bits per heavy atom. The summed E-state index contributed by atoms with van der Waals surface area (Å²) in [5, 5.41) is 2.77. The fourth-order valence-corrected chi connectivity index (χ4v) is 8.55. The van der Waals surface area contributed by atoms with Crippen molar-refractivity contribution in [1.82, 2.24) is 25.1 Å². The van der Waals surface area contributed by atoms with Crippen molar-refractivity contribution in [3.05, 3.63) is 141 Å². The molecular weight excluding hydrogens is 866 g/mol. The second-order valence-corrected chi connectivity index (χ2v) is 18.6. The first-order valence-electron chi connectivity index (χ1n) is 23.2. The van der Waals surface area contributed by atoms with Crippen LogP contribution >= 0.6 is 11.6 Å².